The van der Waals surface area contributed by atoms with E-state index in [1.165, 1.54) is 16.9 Å². The van der Waals surface area contributed by atoms with Crippen LogP contribution in [-0.2, 0) is 17.8 Å². The predicted molar refractivity (Wildman–Crippen MR) is 122 cm³/mol. The van der Waals surface area contributed by atoms with E-state index in [1.54, 1.807) is 42.5 Å². The maximum atomic E-state index is 13.9. The largest absolute Gasteiger partial charge is 0.441 e. The van der Waals surface area contributed by atoms with Gasteiger partial charge in [0.25, 0.3) is 11.5 Å². The number of nitrogens with zero attached hydrogens (tertiary/aromatic N) is 3. The molecule has 0 radical (unpaired) electrons. The molecular weight excluding hydrogens is 441 g/mol. The standard InChI is InChI=1S/C24H22FN5O4/c1-2-13-30-24(33)16-8-4-3-7-15(16)22(29-30)23(32)28-27-20(31)11-12-21-26-14-19(34-21)17-9-5-6-10-18(17)25/h3-10,14H,2,11-13H2,1H3,(H,27,31)(H,28,32). The Hall–Kier alpha value is -4.34. The number of aromatic nitrogens is 3. The second kappa shape index (κ2) is 10.1. The van der Waals surface area contributed by atoms with Crippen molar-refractivity contribution in [2.45, 2.75) is 32.7 Å². The molecule has 2 aromatic carbocycles. The lowest BCUT2D eigenvalue weighted by Crippen LogP contribution is -2.43. The number of nitrogens with one attached hydrogen (secondary N) is 2. The Morgan fingerprint density at radius 2 is 1.79 bits per heavy atom. The monoisotopic (exact) mass is 463 g/mol. The first kappa shape index (κ1) is 22.8. The van der Waals surface area contributed by atoms with Crippen LogP contribution in [0.1, 0.15) is 36.1 Å². The fourth-order valence-corrected chi connectivity index (χ4v) is 3.45. The summed E-state index contributed by atoms with van der Waals surface area (Å²) in [6.45, 7) is 2.26. The molecule has 10 heteroatoms. The minimum absolute atomic E-state index is 0.0268. The summed E-state index contributed by atoms with van der Waals surface area (Å²) < 4.78 is 20.7. The van der Waals surface area contributed by atoms with Crippen LogP contribution in [0, 0.1) is 5.82 Å². The number of halogens is 1. The van der Waals surface area contributed by atoms with E-state index in [4.69, 9.17) is 4.42 Å². The van der Waals surface area contributed by atoms with Gasteiger partial charge in [-0.1, -0.05) is 37.3 Å². The molecule has 2 N–H and O–H groups in total. The molecule has 0 bridgehead atoms. The third kappa shape index (κ3) is 4.85. The van der Waals surface area contributed by atoms with Gasteiger partial charge in [-0.05, 0) is 24.6 Å². The topological polar surface area (TPSA) is 119 Å². The van der Waals surface area contributed by atoms with Crippen LogP contribution >= 0.6 is 0 Å². The van der Waals surface area contributed by atoms with Crippen molar-refractivity contribution in [2.24, 2.45) is 0 Å². The molecule has 34 heavy (non-hydrogen) atoms. The molecule has 0 unspecified atom stereocenters. The van der Waals surface area contributed by atoms with Gasteiger partial charge >= 0.3 is 0 Å². The van der Waals surface area contributed by atoms with Crippen molar-refractivity contribution in [2.75, 3.05) is 0 Å². The van der Waals surface area contributed by atoms with E-state index in [2.05, 4.69) is 20.9 Å². The van der Waals surface area contributed by atoms with Crippen molar-refractivity contribution in [3.05, 3.63) is 82.5 Å². The lowest BCUT2D eigenvalue weighted by Gasteiger charge is -2.11. The van der Waals surface area contributed by atoms with E-state index in [9.17, 15) is 18.8 Å². The minimum atomic E-state index is -0.646. The number of rotatable bonds is 7. The number of aryl methyl sites for hydroxylation is 2. The number of benzene rings is 2. The third-order valence-electron chi connectivity index (χ3n) is 5.09. The first-order valence-corrected chi connectivity index (χ1v) is 10.8. The van der Waals surface area contributed by atoms with Crippen LogP contribution in [0.15, 0.2) is 63.9 Å². The van der Waals surface area contributed by atoms with E-state index >= 15 is 0 Å². The van der Waals surface area contributed by atoms with Crippen LogP contribution in [0.5, 0.6) is 0 Å². The highest BCUT2D eigenvalue weighted by molar-refractivity contribution is 6.05. The van der Waals surface area contributed by atoms with Crippen LogP contribution in [0.4, 0.5) is 4.39 Å². The van der Waals surface area contributed by atoms with Gasteiger partial charge < -0.3 is 4.42 Å². The zero-order valence-electron chi connectivity index (χ0n) is 18.4. The van der Waals surface area contributed by atoms with E-state index < -0.39 is 17.6 Å². The van der Waals surface area contributed by atoms with E-state index in [0.29, 0.717) is 23.7 Å². The Kier molecular flexibility index (Phi) is 6.77. The van der Waals surface area contributed by atoms with Crippen LogP contribution in [0.25, 0.3) is 22.1 Å². The third-order valence-corrected chi connectivity index (χ3v) is 5.09. The summed E-state index contributed by atoms with van der Waals surface area (Å²) in [5, 5.41) is 4.95. The number of amides is 2. The summed E-state index contributed by atoms with van der Waals surface area (Å²) in [4.78, 5) is 41.6. The van der Waals surface area contributed by atoms with Crippen molar-refractivity contribution < 1.29 is 18.4 Å². The van der Waals surface area contributed by atoms with Crippen molar-refractivity contribution in [1.29, 1.82) is 0 Å². The van der Waals surface area contributed by atoms with Crippen LogP contribution in [0.2, 0.25) is 0 Å². The van der Waals surface area contributed by atoms with E-state index in [-0.39, 0.29) is 41.3 Å². The molecule has 0 aliphatic carbocycles. The molecule has 9 nitrogen and oxygen atoms in total. The molecule has 2 heterocycles. The molecule has 0 aliphatic rings. The zero-order chi connectivity index (χ0) is 24.1. The Morgan fingerprint density at radius 3 is 2.56 bits per heavy atom. The SMILES string of the molecule is CCCn1nc(C(=O)NNC(=O)CCc2ncc(-c3ccccc3F)o2)c2ccccc2c1=O. The van der Waals surface area contributed by atoms with Crippen molar-refractivity contribution >= 4 is 22.6 Å². The summed E-state index contributed by atoms with van der Waals surface area (Å²) in [5.74, 6) is -1.03. The molecule has 174 valence electrons. The highest BCUT2D eigenvalue weighted by Crippen LogP contribution is 2.23. The summed E-state index contributed by atoms with van der Waals surface area (Å²) in [6, 6.07) is 12.8. The van der Waals surface area contributed by atoms with Gasteiger partial charge in [0.1, 0.15) is 5.82 Å². The zero-order valence-corrected chi connectivity index (χ0v) is 18.4. The Morgan fingerprint density at radius 1 is 1.06 bits per heavy atom. The van der Waals surface area contributed by atoms with Crippen molar-refractivity contribution in [3.8, 4) is 11.3 Å². The Labute approximate surface area is 193 Å². The summed E-state index contributed by atoms with van der Waals surface area (Å²) >= 11 is 0. The second-order valence-electron chi connectivity index (χ2n) is 7.52. The highest BCUT2D eigenvalue weighted by atomic mass is 19.1. The number of hydrogen-bond donors (Lipinski definition) is 2. The minimum Gasteiger partial charge on any atom is -0.441 e. The summed E-state index contributed by atoms with van der Waals surface area (Å²) in [5.41, 5.74) is 4.71. The molecule has 0 spiro atoms. The van der Waals surface area contributed by atoms with E-state index in [1.807, 2.05) is 6.92 Å². The van der Waals surface area contributed by atoms with Gasteiger partial charge in [-0.15, -0.1) is 0 Å². The number of carbonyl (C=O) groups excluding carboxylic acids is 2. The quantitative estimate of drug-likeness (QED) is 0.407. The number of oxazole rings is 1. The fraction of sp³-hybridized carbons (Fsp3) is 0.208. The van der Waals surface area contributed by atoms with Crippen LogP contribution in [0.3, 0.4) is 0 Å². The number of fused-ring (bicyclic) bond motifs is 1. The summed E-state index contributed by atoms with van der Waals surface area (Å²) in [6.07, 6.45) is 2.19. The first-order valence-electron chi connectivity index (χ1n) is 10.8. The Balaban J connectivity index is 1.39. The smallest absolute Gasteiger partial charge is 0.290 e. The molecule has 0 atom stereocenters. The lowest BCUT2D eigenvalue weighted by atomic mass is 10.1. The second-order valence-corrected chi connectivity index (χ2v) is 7.52. The molecule has 2 amide bonds. The van der Waals surface area contributed by atoms with Gasteiger partial charge in [0.05, 0.1) is 17.1 Å². The maximum Gasteiger partial charge on any atom is 0.290 e. The normalized spacial score (nSPS) is 10.9. The van der Waals surface area contributed by atoms with Crippen LogP contribution in [-0.4, -0.2) is 26.6 Å². The first-order chi connectivity index (χ1) is 16.5. The van der Waals surface area contributed by atoms with Gasteiger partial charge in [0.15, 0.2) is 17.3 Å². The molecule has 0 fully saturated rings. The number of carbonyl (C=O) groups is 2. The molecule has 0 saturated carbocycles. The van der Waals surface area contributed by atoms with Gasteiger partial charge in [-0.2, -0.15) is 5.10 Å². The number of hydrazine groups is 1. The molecule has 4 rings (SSSR count). The average molecular weight is 463 g/mol. The summed E-state index contributed by atoms with van der Waals surface area (Å²) in [7, 11) is 0. The highest BCUT2D eigenvalue weighted by Gasteiger charge is 2.17. The predicted octanol–water partition coefficient (Wildman–Crippen LogP) is 2.99. The van der Waals surface area contributed by atoms with Crippen molar-refractivity contribution in [1.82, 2.24) is 25.6 Å². The van der Waals surface area contributed by atoms with Gasteiger partial charge in [-0.3, -0.25) is 25.2 Å². The molecule has 4 aromatic rings. The van der Waals surface area contributed by atoms with Gasteiger partial charge in [0, 0.05) is 24.8 Å². The molecule has 0 aliphatic heterocycles. The average Bonchev–Trinajstić information content (AvgIpc) is 3.32. The maximum absolute atomic E-state index is 13.9. The van der Waals surface area contributed by atoms with Crippen molar-refractivity contribution in [3.63, 3.8) is 0 Å². The van der Waals surface area contributed by atoms with E-state index in [0.717, 1.165) is 0 Å². The Bertz CT molecular complexity index is 1410. The van der Waals surface area contributed by atoms with Gasteiger partial charge in [-0.25, -0.2) is 14.1 Å². The lowest BCUT2D eigenvalue weighted by molar-refractivity contribution is -0.121. The molecular formula is C24H22FN5O4. The van der Waals surface area contributed by atoms with Gasteiger partial charge in [0.2, 0.25) is 5.91 Å². The number of hydrogen-bond acceptors (Lipinski definition) is 6. The molecule has 2 aromatic heterocycles. The molecule has 0 saturated heterocycles. The van der Waals surface area contributed by atoms with Crippen LogP contribution < -0.4 is 16.4 Å². The fourth-order valence-electron chi connectivity index (χ4n) is 3.45.